The monoisotopic (exact) mass is 408 g/mol. The highest BCUT2D eigenvalue weighted by Crippen LogP contribution is 2.48. The first kappa shape index (κ1) is 17.2. The van der Waals surface area contributed by atoms with Crippen molar-refractivity contribution in [3.63, 3.8) is 0 Å². The Morgan fingerprint density at radius 3 is 0.889 bits per heavy atom. The minimum absolute atomic E-state index is 0.0116. The zero-order chi connectivity index (χ0) is 14.5. The van der Waals surface area contributed by atoms with Crippen molar-refractivity contribution < 1.29 is 9.59 Å². The summed E-state index contributed by atoms with van der Waals surface area (Å²) < 4.78 is -3.14. The van der Waals surface area contributed by atoms with E-state index < -0.39 is 20.2 Å². The molecule has 0 fully saturated rings. The molecule has 2 rings (SSSR count). The summed E-state index contributed by atoms with van der Waals surface area (Å²) in [5.74, 6) is -1.06. The molecule has 0 aliphatic heterocycles. The molecule has 0 amide bonds. The first-order valence-corrected chi connectivity index (χ1v) is 6.94. The van der Waals surface area contributed by atoms with Gasteiger partial charge in [0, 0.05) is 0 Å². The SMILES string of the molecule is O=C1C(Cl)=C(Cl)C1(Cl)Cl.O=C1C(Cl)=C(Cl)C1(Cl)Cl. The van der Waals surface area contributed by atoms with E-state index in [-0.39, 0.29) is 20.1 Å². The summed E-state index contributed by atoms with van der Waals surface area (Å²) in [5, 5.41) is -0.113. The fourth-order valence-corrected chi connectivity index (χ4v) is 2.88. The van der Waals surface area contributed by atoms with Crippen LogP contribution in [0.15, 0.2) is 20.1 Å². The van der Waals surface area contributed by atoms with Crippen molar-refractivity contribution in [2.75, 3.05) is 0 Å². The predicted octanol–water partition coefficient (Wildman–Crippen LogP) is 4.86. The molecule has 10 heteroatoms. The fraction of sp³-hybridized carbons (Fsp3) is 0.250. The molecule has 0 radical (unpaired) electrons. The highest BCUT2D eigenvalue weighted by atomic mass is 35.5. The van der Waals surface area contributed by atoms with Crippen LogP contribution in [0.25, 0.3) is 0 Å². The van der Waals surface area contributed by atoms with Gasteiger partial charge in [-0.3, -0.25) is 9.59 Å². The van der Waals surface area contributed by atoms with Crippen LogP contribution in [-0.4, -0.2) is 20.2 Å². The number of hydrogen-bond acceptors (Lipinski definition) is 2. The number of Topliss-reactive ketones (excluding diaryl/α,β-unsaturated/α-hetero) is 2. The smallest absolute Gasteiger partial charge is 0.218 e. The summed E-state index contributed by atoms with van der Waals surface area (Å²) in [7, 11) is 0. The molecule has 0 spiro atoms. The molecule has 100 valence electrons. The van der Waals surface area contributed by atoms with E-state index in [0.717, 1.165) is 0 Å². The van der Waals surface area contributed by atoms with Crippen LogP contribution in [0.4, 0.5) is 0 Å². The molecule has 0 saturated heterocycles. The third kappa shape index (κ3) is 2.64. The molecule has 18 heavy (non-hydrogen) atoms. The lowest BCUT2D eigenvalue weighted by atomic mass is 10.1. The predicted molar refractivity (Wildman–Crippen MR) is 76.4 cm³/mol. The molecule has 0 unspecified atom stereocenters. The van der Waals surface area contributed by atoms with Crippen molar-refractivity contribution in [1.29, 1.82) is 0 Å². The third-order valence-corrected chi connectivity index (χ3v) is 5.59. The normalized spacial score (nSPS) is 24.2. The minimum Gasteiger partial charge on any atom is -0.289 e. The molecule has 0 atom stereocenters. The van der Waals surface area contributed by atoms with Crippen LogP contribution in [0.2, 0.25) is 0 Å². The topological polar surface area (TPSA) is 34.1 Å². The molecule has 0 N–H and O–H groups in total. The van der Waals surface area contributed by atoms with Crippen LogP contribution in [0.3, 0.4) is 0 Å². The number of hydrogen-bond donors (Lipinski definition) is 0. The molecule has 2 nitrogen and oxygen atoms in total. The van der Waals surface area contributed by atoms with Crippen LogP contribution in [0.1, 0.15) is 0 Å². The number of alkyl halides is 4. The first-order chi connectivity index (χ1) is 7.95. The van der Waals surface area contributed by atoms with Gasteiger partial charge in [-0.25, -0.2) is 0 Å². The number of allylic oxidation sites excluding steroid dienone is 4. The maximum atomic E-state index is 10.6. The van der Waals surface area contributed by atoms with E-state index in [0.29, 0.717) is 0 Å². The second kappa shape index (κ2) is 5.50. The van der Waals surface area contributed by atoms with Crippen LogP contribution >= 0.6 is 92.8 Å². The highest BCUT2D eigenvalue weighted by molar-refractivity contribution is 6.76. The van der Waals surface area contributed by atoms with Gasteiger partial charge in [0.2, 0.25) is 20.2 Å². The molecule has 2 aliphatic rings. The molecule has 0 saturated carbocycles. The van der Waals surface area contributed by atoms with E-state index in [1.54, 1.807) is 0 Å². The Morgan fingerprint density at radius 1 is 0.611 bits per heavy atom. The van der Waals surface area contributed by atoms with E-state index in [1.165, 1.54) is 0 Å². The quantitative estimate of drug-likeness (QED) is 0.533. The first-order valence-electron chi connectivity index (χ1n) is 3.92. The van der Waals surface area contributed by atoms with E-state index in [1.807, 2.05) is 0 Å². The van der Waals surface area contributed by atoms with Gasteiger partial charge in [-0.2, -0.15) is 0 Å². The fourth-order valence-electron chi connectivity index (χ4n) is 0.825. The highest BCUT2D eigenvalue weighted by Gasteiger charge is 2.51. The number of carbonyl (C=O) groups excluding carboxylic acids is 2. The van der Waals surface area contributed by atoms with Crippen LogP contribution in [0, 0.1) is 0 Å². The summed E-state index contributed by atoms with van der Waals surface area (Å²) in [4.78, 5) is 21.1. The molecular weight excluding hydrogens is 412 g/mol. The van der Waals surface area contributed by atoms with Crippen molar-refractivity contribution in [2.45, 2.75) is 8.67 Å². The van der Waals surface area contributed by atoms with Crippen molar-refractivity contribution in [3.8, 4) is 0 Å². The van der Waals surface area contributed by atoms with E-state index in [2.05, 4.69) is 0 Å². The van der Waals surface area contributed by atoms with Gasteiger partial charge in [-0.1, -0.05) is 92.8 Å². The van der Waals surface area contributed by atoms with Crippen molar-refractivity contribution >= 4 is 104 Å². The Hall–Kier alpha value is 1.14. The van der Waals surface area contributed by atoms with Crippen molar-refractivity contribution in [3.05, 3.63) is 20.1 Å². The van der Waals surface area contributed by atoms with Crippen LogP contribution in [-0.2, 0) is 9.59 Å². The van der Waals surface area contributed by atoms with Gasteiger partial charge in [-0.15, -0.1) is 0 Å². The van der Waals surface area contributed by atoms with Gasteiger partial charge in [0.05, 0.1) is 10.1 Å². The largest absolute Gasteiger partial charge is 0.289 e. The van der Waals surface area contributed by atoms with Gasteiger partial charge in [0.1, 0.15) is 10.1 Å². The van der Waals surface area contributed by atoms with Gasteiger partial charge in [-0.05, 0) is 0 Å². The second-order valence-corrected chi connectivity index (χ2v) is 7.23. The minimum atomic E-state index is -1.57. The molecule has 0 aromatic heterocycles. The lowest BCUT2D eigenvalue weighted by Gasteiger charge is -2.26. The Balaban J connectivity index is 0.000000180. The Bertz CT molecular complexity index is 455. The standard InChI is InChI=1S/2C4Cl4O/c2*5-1-2(6)4(7,8)3(1)9. The summed E-state index contributed by atoms with van der Waals surface area (Å²) in [5.41, 5.74) is 0. The lowest BCUT2D eigenvalue weighted by molar-refractivity contribution is -0.117. The average molecular weight is 412 g/mol. The maximum Gasteiger partial charge on any atom is 0.218 e. The zero-order valence-corrected chi connectivity index (χ0v) is 13.9. The molecule has 0 aromatic carbocycles. The second-order valence-electron chi connectivity index (χ2n) is 3.06. The molecule has 0 heterocycles. The Morgan fingerprint density at radius 2 is 0.833 bits per heavy atom. The number of halogens is 8. The molecule has 0 bridgehead atoms. The summed E-state index contributed by atoms with van der Waals surface area (Å²) in [6.07, 6.45) is 0. The number of carbonyl (C=O) groups is 2. The van der Waals surface area contributed by atoms with E-state index in [9.17, 15) is 9.59 Å². The summed E-state index contributed by atoms with van der Waals surface area (Å²) in [6, 6.07) is 0. The molecular formula is C8Cl8O2. The number of rotatable bonds is 0. The number of ketones is 2. The Labute approximate surface area is 142 Å². The Kier molecular flexibility index (Phi) is 5.25. The van der Waals surface area contributed by atoms with Gasteiger partial charge in [0.25, 0.3) is 0 Å². The zero-order valence-electron chi connectivity index (χ0n) is 7.84. The van der Waals surface area contributed by atoms with Crippen LogP contribution < -0.4 is 0 Å². The lowest BCUT2D eigenvalue weighted by Crippen LogP contribution is -2.37. The van der Waals surface area contributed by atoms with Crippen LogP contribution in [0.5, 0.6) is 0 Å². The van der Waals surface area contributed by atoms with Gasteiger partial charge < -0.3 is 0 Å². The average Bonchev–Trinajstić information content (AvgIpc) is 2.34. The summed E-state index contributed by atoms with van der Waals surface area (Å²) >= 11 is 42.6. The maximum absolute atomic E-state index is 10.6. The third-order valence-electron chi connectivity index (χ3n) is 1.91. The van der Waals surface area contributed by atoms with Crippen molar-refractivity contribution in [2.24, 2.45) is 0 Å². The van der Waals surface area contributed by atoms with Crippen molar-refractivity contribution in [1.82, 2.24) is 0 Å². The van der Waals surface area contributed by atoms with E-state index >= 15 is 0 Å². The van der Waals surface area contributed by atoms with E-state index in [4.69, 9.17) is 92.8 Å². The molecule has 0 aromatic rings. The molecule has 2 aliphatic carbocycles. The van der Waals surface area contributed by atoms with Gasteiger partial charge in [0.15, 0.2) is 0 Å². The summed E-state index contributed by atoms with van der Waals surface area (Å²) in [6.45, 7) is 0. The van der Waals surface area contributed by atoms with Gasteiger partial charge >= 0.3 is 0 Å².